The summed E-state index contributed by atoms with van der Waals surface area (Å²) in [7, 11) is 1.31. The number of hydrogen-bond donors (Lipinski definition) is 0. The molecule has 0 saturated heterocycles. The first kappa shape index (κ1) is 11.7. The summed E-state index contributed by atoms with van der Waals surface area (Å²) in [4.78, 5) is 23.7. The van der Waals surface area contributed by atoms with Gasteiger partial charge in [0, 0.05) is 18.2 Å². The van der Waals surface area contributed by atoms with Crippen LogP contribution in [0.5, 0.6) is 0 Å². The van der Waals surface area contributed by atoms with E-state index < -0.39 is 5.97 Å². The van der Waals surface area contributed by atoms with Crippen LogP contribution < -0.4 is 5.56 Å². The second-order valence-corrected chi connectivity index (χ2v) is 4.52. The Kier molecular flexibility index (Phi) is 2.71. The van der Waals surface area contributed by atoms with E-state index in [0.717, 1.165) is 17.7 Å². The van der Waals surface area contributed by atoms with Crippen LogP contribution >= 0.6 is 0 Å². The lowest BCUT2D eigenvalue weighted by molar-refractivity contribution is 0.0600. The van der Waals surface area contributed by atoms with E-state index in [4.69, 9.17) is 0 Å². The predicted molar refractivity (Wildman–Crippen MR) is 71.2 cm³/mol. The summed E-state index contributed by atoms with van der Waals surface area (Å²) >= 11 is 0. The van der Waals surface area contributed by atoms with Crippen LogP contribution in [0.3, 0.4) is 0 Å². The summed E-state index contributed by atoms with van der Waals surface area (Å²) in [5, 5.41) is 0. The lowest BCUT2D eigenvalue weighted by Crippen LogP contribution is -2.27. The molecule has 0 bridgehead atoms. The first-order valence-corrected chi connectivity index (χ1v) is 6.12. The van der Waals surface area contributed by atoms with Crippen LogP contribution in [-0.4, -0.2) is 17.6 Å². The molecule has 96 valence electrons. The number of methoxy groups -OCH3 is 1. The molecule has 2 aromatic rings. The van der Waals surface area contributed by atoms with E-state index in [0.29, 0.717) is 12.1 Å². The molecule has 0 radical (unpaired) electrons. The van der Waals surface area contributed by atoms with Crippen molar-refractivity contribution in [2.24, 2.45) is 0 Å². The van der Waals surface area contributed by atoms with Crippen molar-refractivity contribution in [3.8, 4) is 11.3 Å². The maximum absolute atomic E-state index is 12.1. The zero-order chi connectivity index (χ0) is 13.4. The van der Waals surface area contributed by atoms with Crippen LogP contribution in [0, 0.1) is 0 Å². The Morgan fingerprint density at radius 1 is 1.26 bits per heavy atom. The molecular weight excluding hydrogens is 242 g/mol. The van der Waals surface area contributed by atoms with Gasteiger partial charge in [0.2, 0.25) is 0 Å². The van der Waals surface area contributed by atoms with E-state index in [9.17, 15) is 9.59 Å². The smallest absolute Gasteiger partial charge is 0.338 e. The SMILES string of the molecule is COC(=O)c1cc2n(c(=O)c1)CCc1ccccc1-2. The maximum atomic E-state index is 12.1. The number of ether oxygens (including phenoxy) is 1. The third kappa shape index (κ3) is 1.85. The number of aromatic nitrogens is 1. The average molecular weight is 255 g/mol. The van der Waals surface area contributed by atoms with E-state index >= 15 is 0 Å². The summed E-state index contributed by atoms with van der Waals surface area (Å²) in [5.74, 6) is -0.483. The van der Waals surface area contributed by atoms with Crippen LogP contribution in [0.15, 0.2) is 41.2 Å². The molecule has 19 heavy (non-hydrogen) atoms. The number of nitrogens with zero attached hydrogens (tertiary/aromatic N) is 1. The van der Waals surface area contributed by atoms with Gasteiger partial charge in [0.25, 0.3) is 5.56 Å². The fourth-order valence-corrected chi connectivity index (χ4v) is 2.51. The Morgan fingerprint density at radius 2 is 2.05 bits per heavy atom. The third-order valence-corrected chi connectivity index (χ3v) is 3.45. The van der Waals surface area contributed by atoms with Gasteiger partial charge in [-0.25, -0.2) is 4.79 Å². The van der Waals surface area contributed by atoms with Crippen molar-refractivity contribution in [3.63, 3.8) is 0 Å². The van der Waals surface area contributed by atoms with Gasteiger partial charge in [0.1, 0.15) is 0 Å². The highest BCUT2D eigenvalue weighted by Gasteiger charge is 2.19. The highest BCUT2D eigenvalue weighted by atomic mass is 16.5. The van der Waals surface area contributed by atoms with Crippen LogP contribution in [0.25, 0.3) is 11.3 Å². The standard InChI is InChI=1S/C15H13NO3/c1-19-15(18)11-8-13-12-5-3-2-4-10(12)6-7-16(13)14(17)9-11/h2-5,8-9H,6-7H2,1H3. The minimum Gasteiger partial charge on any atom is -0.465 e. The van der Waals surface area contributed by atoms with E-state index in [2.05, 4.69) is 4.74 Å². The lowest BCUT2D eigenvalue weighted by atomic mass is 9.96. The van der Waals surface area contributed by atoms with Gasteiger partial charge in [-0.1, -0.05) is 24.3 Å². The largest absolute Gasteiger partial charge is 0.465 e. The number of hydrogen-bond acceptors (Lipinski definition) is 3. The molecular formula is C15H13NO3. The lowest BCUT2D eigenvalue weighted by Gasteiger charge is -2.21. The van der Waals surface area contributed by atoms with Crippen LogP contribution in [0.4, 0.5) is 0 Å². The van der Waals surface area contributed by atoms with Gasteiger partial charge in [-0.15, -0.1) is 0 Å². The molecule has 0 aliphatic carbocycles. The molecule has 0 N–H and O–H groups in total. The zero-order valence-electron chi connectivity index (χ0n) is 10.6. The van der Waals surface area contributed by atoms with Gasteiger partial charge in [0.05, 0.1) is 18.4 Å². The predicted octanol–water partition coefficient (Wildman–Crippen LogP) is 1.86. The van der Waals surface area contributed by atoms with Gasteiger partial charge < -0.3 is 9.30 Å². The van der Waals surface area contributed by atoms with Crippen LogP contribution in [-0.2, 0) is 17.7 Å². The highest BCUT2D eigenvalue weighted by Crippen LogP contribution is 2.28. The van der Waals surface area contributed by atoms with Gasteiger partial charge in [-0.05, 0) is 18.1 Å². The molecule has 0 atom stereocenters. The second-order valence-electron chi connectivity index (χ2n) is 4.52. The highest BCUT2D eigenvalue weighted by molar-refractivity contribution is 5.90. The van der Waals surface area contributed by atoms with Crippen molar-refractivity contribution < 1.29 is 9.53 Å². The Bertz CT molecular complexity index is 716. The number of aryl methyl sites for hydroxylation is 1. The molecule has 4 heteroatoms. The van der Waals surface area contributed by atoms with Gasteiger partial charge in [-0.2, -0.15) is 0 Å². The van der Waals surface area contributed by atoms with Crippen LogP contribution in [0.1, 0.15) is 15.9 Å². The molecule has 0 saturated carbocycles. The third-order valence-electron chi connectivity index (χ3n) is 3.45. The topological polar surface area (TPSA) is 48.3 Å². The molecule has 4 nitrogen and oxygen atoms in total. The fraction of sp³-hybridized carbons (Fsp3) is 0.200. The van der Waals surface area contributed by atoms with E-state index in [1.54, 1.807) is 10.6 Å². The van der Waals surface area contributed by atoms with Crippen molar-refractivity contribution in [1.29, 1.82) is 0 Å². The van der Waals surface area contributed by atoms with Crippen molar-refractivity contribution in [1.82, 2.24) is 4.57 Å². The summed E-state index contributed by atoms with van der Waals surface area (Å²) < 4.78 is 6.39. The quantitative estimate of drug-likeness (QED) is 0.731. The first-order valence-electron chi connectivity index (χ1n) is 6.12. The maximum Gasteiger partial charge on any atom is 0.338 e. The number of carbonyl (C=O) groups excluding carboxylic acids is 1. The normalized spacial score (nSPS) is 12.5. The van der Waals surface area contributed by atoms with Gasteiger partial charge in [0.15, 0.2) is 0 Å². The molecule has 0 amide bonds. The zero-order valence-corrected chi connectivity index (χ0v) is 10.6. The van der Waals surface area contributed by atoms with Crippen molar-refractivity contribution in [3.05, 3.63) is 57.9 Å². The Labute approximate surface area is 110 Å². The molecule has 3 rings (SSSR count). The molecule has 0 spiro atoms. The molecule has 1 aromatic heterocycles. The monoisotopic (exact) mass is 255 g/mol. The summed E-state index contributed by atoms with van der Waals surface area (Å²) in [6.07, 6.45) is 0.834. The van der Waals surface area contributed by atoms with E-state index in [-0.39, 0.29) is 5.56 Å². The summed E-state index contributed by atoms with van der Waals surface area (Å²) in [5.41, 5.74) is 3.14. The Balaban J connectivity index is 2.26. The fourth-order valence-electron chi connectivity index (χ4n) is 2.51. The Hall–Kier alpha value is -2.36. The number of esters is 1. The summed E-state index contributed by atoms with van der Waals surface area (Å²) in [6, 6.07) is 11.0. The molecule has 1 aliphatic heterocycles. The molecule has 2 heterocycles. The van der Waals surface area contributed by atoms with Gasteiger partial charge >= 0.3 is 5.97 Å². The van der Waals surface area contributed by atoms with Crippen molar-refractivity contribution >= 4 is 5.97 Å². The minimum atomic E-state index is -0.483. The van der Waals surface area contributed by atoms with E-state index in [1.165, 1.54) is 18.7 Å². The minimum absolute atomic E-state index is 0.160. The number of benzene rings is 1. The molecule has 1 aromatic carbocycles. The number of pyridine rings is 1. The molecule has 0 unspecified atom stereocenters. The number of carbonyl (C=O) groups is 1. The molecule has 1 aliphatic rings. The molecule has 0 fully saturated rings. The second kappa shape index (κ2) is 4.39. The Morgan fingerprint density at radius 3 is 2.84 bits per heavy atom. The summed E-state index contributed by atoms with van der Waals surface area (Å²) in [6.45, 7) is 0.645. The van der Waals surface area contributed by atoms with Crippen molar-refractivity contribution in [2.75, 3.05) is 7.11 Å². The van der Waals surface area contributed by atoms with Gasteiger partial charge in [-0.3, -0.25) is 4.79 Å². The van der Waals surface area contributed by atoms with E-state index in [1.807, 2.05) is 24.3 Å². The average Bonchev–Trinajstić information content (AvgIpc) is 2.46. The number of rotatable bonds is 1. The first-order chi connectivity index (χ1) is 9.20. The van der Waals surface area contributed by atoms with Crippen LogP contribution in [0.2, 0.25) is 0 Å². The van der Waals surface area contributed by atoms with Crippen molar-refractivity contribution in [2.45, 2.75) is 13.0 Å². The number of fused-ring (bicyclic) bond motifs is 3.